The van der Waals surface area contributed by atoms with Gasteiger partial charge >= 0.3 is 0 Å². The number of hydrogen-bond acceptors (Lipinski definition) is 4. The van der Waals surface area contributed by atoms with Gasteiger partial charge in [0, 0.05) is 12.4 Å². The van der Waals surface area contributed by atoms with Crippen LogP contribution in [0.25, 0.3) is 0 Å². The number of hydrogen-bond donors (Lipinski definition) is 2. The molecule has 2 aromatic rings. The van der Waals surface area contributed by atoms with Gasteiger partial charge < -0.3 is 15.2 Å². The van der Waals surface area contributed by atoms with Gasteiger partial charge in [0.05, 0.1) is 18.7 Å². The van der Waals surface area contributed by atoms with Crippen LogP contribution in [0.5, 0.6) is 11.5 Å². The van der Waals surface area contributed by atoms with Gasteiger partial charge in [0.15, 0.2) is 11.5 Å². The summed E-state index contributed by atoms with van der Waals surface area (Å²) < 4.78 is 4.99. The molecule has 0 saturated heterocycles. The predicted molar refractivity (Wildman–Crippen MR) is 74.8 cm³/mol. The molecule has 2 rings (SSSR count). The molecule has 0 aliphatic carbocycles. The van der Waals surface area contributed by atoms with Crippen LogP contribution in [0, 0.1) is 0 Å². The second-order valence-corrected chi connectivity index (χ2v) is 4.33. The Morgan fingerprint density at radius 1 is 1.30 bits per heavy atom. The zero-order chi connectivity index (χ0) is 14.5. The Hall–Kier alpha value is -2.56. The monoisotopic (exact) mass is 272 g/mol. The molecule has 1 unspecified atom stereocenters. The number of aromatic hydroxyl groups is 1. The molecule has 0 saturated carbocycles. The summed E-state index contributed by atoms with van der Waals surface area (Å²) in [7, 11) is 1.44. The zero-order valence-corrected chi connectivity index (χ0v) is 11.3. The minimum absolute atomic E-state index is 0.158. The number of amides is 1. The lowest BCUT2D eigenvalue weighted by Crippen LogP contribution is -2.26. The minimum atomic E-state index is -0.356. The van der Waals surface area contributed by atoms with Gasteiger partial charge in [-0.3, -0.25) is 9.78 Å². The van der Waals surface area contributed by atoms with Gasteiger partial charge in [0.1, 0.15) is 0 Å². The number of methoxy groups -OCH3 is 1. The summed E-state index contributed by atoms with van der Waals surface area (Å²) >= 11 is 0. The molecule has 0 fully saturated rings. The summed E-state index contributed by atoms with van der Waals surface area (Å²) in [5, 5.41) is 12.8. The van der Waals surface area contributed by atoms with Crippen molar-refractivity contribution in [3.63, 3.8) is 0 Å². The Balaban J connectivity index is 2.17. The van der Waals surface area contributed by atoms with E-state index in [1.54, 1.807) is 30.6 Å². The van der Waals surface area contributed by atoms with E-state index in [4.69, 9.17) is 4.74 Å². The first-order valence-corrected chi connectivity index (χ1v) is 6.20. The maximum Gasteiger partial charge on any atom is 0.255 e. The van der Waals surface area contributed by atoms with Crippen LogP contribution in [0.3, 0.4) is 0 Å². The predicted octanol–water partition coefficient (Wildman–Crippen LogP) is 2.29. The van der Waals surface area contributed by atoms with Gasteiger partial charge in [0.2, 0.25) is 0 Å². The van der Waals surface area contributed by atoms with Crippen molar-refractivity contribution in [1.29, 1.82) is 0 Å². The summed E-state index contributed by atoms with van der Waals surface area (Å²) in [5.74, 6) is -0.241. The molecule has 5 heteroatoms. The number of phenolic OH excluding ortho intramolecular Hbond substituents is 1. The Kier molecular flexibility index (Phi) is 4.20. The third-order valence-corrected chi connectivity index (χ3v) is 3.02. The van der Waals surface area contributed by atoms with Crippen molar-refractivity contribution < 1.29 is 14.6 Å². The van der Waals surface area contributed by atoms with Gasteiger partial charge in [-0.2, -0.15) is 0 Å². The maximum atomic E-state index is 12.2. The van der Waals surface area contributed by atoms with E-state index < -0.39 is 0 Å². The van der Waals surface area contributed by atoms with Crippen molar-refractivity contribution in [2.24, 2.45) is 0 Å². The highest BCUT2D eigenvalue weighted by Crippen LogP contribution is 2.29. The SMILES string of the molecule is COc1cccc(C(=O)NC(C)c2ccncc2)c1O. The number of pyridine rings is 1. The van der Waals surface area contributed by atoms with Crippen LogP contribution >= 0.6 is 0 Å². The van der Waals surface area contributed by atoms with E-state index in [2.05, 4.69) is 10.3 Å². The topological polar surface area (TPSA) is 71.5 Å². The molecule has 0 spiro atoms. The van der Waals surface area contributed by atoms with Gasteiger partial charge in [-0.25, -0.2) is 0 Å². The maximum absolute atomic E-state index is 12.2. The first-order chi connectivity index (χ1) is 9.63. The van der Waals surface area contributed by atoms with Gasteiger partial charge in [0.25, 0.3) is 5.91 Å². The van der Waals surface area contributed by atoms with E-state index >= 15 is 0 Å². The molecular weight excluding hydrogens is 256 g/mol. The molecule has 1 aromatic heterocycles. The van der Waals surface area contributed by atoms with Crippen molar-refractivity contribution in [1.82, 2.24) is 10.3 Å². The fraction of sp³-hybridized carbons (Fsp3) is 0.200. The summed E-state index contributed by atoms with van der Waals surface area (Å²) in [6, 6.07) is 8.28. The lowest BCUT2D eigenvalue weighted by molar-refractivity contribution is 0.0936. The van der Waals surface area contributed by atoms with E-state index in [0.29, 0.717) is 0 Å². The minimum Gasteiger partial charge on any atom is -0.504 e. The number of para-hydroxylation sites is 1. The Morgan fingerprint density at radius 2 is 2.00 bits per heavy atom. The molecule has 104 valence electrons. The highest BCUT2D eigenvalue weighted by atomic mass is 16.5. The van der Waals surface area contributed by atoms with E-state index in [9.17, 15) is 9.90 Å². The summed E-state index contributed by atoms with van der Waals surface area (Å²) in [5.41, 5.74) is 1.13. The van der Waals surface area contributed by atoms with Crippen molar-refractivity contribution in [3.8, 4) is 11.5 Å². The van der Waals surface area contributed by atoms with Gasteiger partial charge in [-0.05, 0) is 36.8 Å². The Labute approximate surface area is 117 Å². The highest BCUT2D eigenvalue weighted by molar-refractivity contribution is 5.97. The van der Waals surface area contributed by atoms with Crippen molar-refractivity contribution in [3.05, 3.63) is 53.9 Å². The number of aromatic nitrogens is 1. The Morgan fingerprint density at radius 3 is 2.65 bits per heavy atom. The molecule has 0 radical (unpaired) electrons. The Bertz CT molecular complexity index is 599. The first-order valence-electron chi connectivity index (χ1n) is 6.20. The van der Waals surface area contributed by atoms with Crippen molar-refractivity contribution in [2.75, 3.05) is 7.11 Å². The molecule has 0 aliphatic heterocycles. The molecule has 1 aromatic carbocycles. The van der Waals surface area contributed by atoms with Crippen LogP contribution < -0.4 is 10.1 Å². The molecule has 2 N–H and O–H groups in total. The van der Waals surface area contributed by atoms with Crippen LogP contribution in [0.1, 0.15) is 28.9 Å². The summed E-state index contributed by atoms with van der Waals surface area (Å²) in [4.78, 5) is 16.1. The van der Waals surface area contributed by atoms with E-state index in [1.807, 2.05) is 19.1 Å². The number of carbonyl (C=O) groups excluding carboxylic acids is 1. The third-order valence-electron chi connectivity index (χ3n) is 3.02. The summed E-state index contributed by atoms with van der Waals surface area (Å²) in [6.45, 7) is 1.87. The fourth-order valence-corrected chi connectivity index (χ4v) is 1.88. The van der Waals surface area contributed by atoms with Gasteiger partial charge in [-0.1, -0.05) is 6.07 Å². The lowest BCUT2D eigenvalue weighted by atomic mass is 10.1. The van der Waals surface area contributed by atoms with Gasteiger partial charge in [-0.15, -0.1) is 0 Å². The van der Waals surface area contributed by atoms with Crippen LogP contribution in [-0.4, -0.2) is 23.1 Å². The molecule has 0 aliphatic rings. The lowest BCUT2D eigenvalue weighted by Gasteiger charge is -2.15. The van der Waals surface area contributed by atoms with E-state index in [0.717, 1.165) is 5.56 Å². The smallest absolute Gasteiger partial charge is 0.255 e. The standard InChI is InChI=1S/C15H16N2O3/c1-10(11-6-8-16-9-7-11)17-15(19)12-4-3-5-13(20-2)14(12)18/h3-10,18H,1-2H3,(H,17,19). The first kappa shape index (κ1) is 13.9. The number of ether oxygens (including phenoxy) is 1. The normalized spacial score (nSPS) is 11.7. The molecule has 20 heavy (non-hydrogen) atoms. The number of phenols is 1. The van der Waals surface area contributed by atoms with Crippen molar-refractivity contribution >= 4 is 5.91 Å². The number of benzene rings is 1. The second-order valence-electron chi connectivity index (χ2n) is 4.33. The van der Waals surface area contributed by atoms with Crippen LogP contribution in [0.15, 0.2) is 42.7 Å². The largest absolute Gasteiger partial charge is 0.504 e. The number of rotatable bonds is 4. The van der Waals surface area contributed by atoms with Crippen LogP contribution in [-0.2, 0) is 0 Å². The quantitative estimate of drug-likeness (QED) is 0.895. The molecule has 5 nitrogen and oxygen atoms in total. The fourth-order valence-electron chi connectivity index (χ4n) is 1.88. The summed E-state index contributed by atoms with van der Waals surface area (Å²) in [6.07, 6.45) is 3.34. The van der Waals surface area contributed by atoms with Crippen LogP contribution in [0.4, 0.5) is 0 Å². The zero-order valence-electron chi connectivity index (χ0n) is 11.3. The molecular formula is C15H16N2O3. The van der Waals surface area contributed by atoms with E-state index in [1.165, 1.54) is 7.11 Å². The third kappa shape index (κ3) is 2.88. The second kappa shape index (κ2) is 6.06. The number of carbonyl (C=O) groups is 1. The van der Waals surface area contributed by atoms with E-state index in [-0.39, 0.29) is 29.0 Å². The molecule has 1 amide bonds. The van der Waals surface area contributed by atoms with Crippen molar-refractivity contribution in [2.45, 2.75) is 13.0 Å². The molecule has 1 heterocycles. The number of nitrogens with one attached hydrogen (secondary N) is 1. The average molecular weight is 272 g/mol. The number of nitrogens with zero attached hydrogens (tertiary/aromatic N) is 1. The molecule has 0 bridgehead atoms. The highest BCUT2D eigenvalue weighted by Gasteiger charge is 2.17. The molecule has 1 atom stereocenters. The van der Waals surface area contributed by atoms with Crippen LogP contribution in [0.2, 0.25) is 0 Å². The average Bonchev–Trinajstić information content (AvgIpc) is 2.48.